The van der Waals surface area contributed by atoms with Crippen molar-refractivity contribution in [1.82, 2.24) is 9.99 Å². The van der Waals surface area contributed by atoms with Crippen LogP contribution in [0.4, 0.5) is 0 Å². The highest BCUT2D eigenvalue weighted by Crippen LogP contribution is 2.45. The minimum Gasteiger partial charge on any atom is -0.478 e. The first kappa shape index (κ1) is 27.9. The molecule has 0 spiro atoms. The van der Waals surface area contributed by atoms with Crippen molar-refractivity contribution >= 4 is 19.7 Å². The van der Waals surface area contributed by atoms with Crippen LogP contribution in [0.3, 0.4) is 0 Å². The summed E-state index contributed by atoms with van der Waals surface area (Å²) in [5, 5.41) is 32.8. The summed E-state index contributed by atoms with van der Waals surface area (Å²) in [6.45, 7) is 4.30. The highest BCUT2D eigenvalue weighted by Gasteiger charge is 2.46. The van der Waals surface area contributed by atoms with Crippen LogP contribution in [0, 0.1) is 0 Å². The van der Waals surface area contributed by atoms with Crippen LogP contribution >= 0.6 is 7.75 Å². The Labute approximate surface area is 208 Å². The molecule has 1 aromatic rings. The quantitative estimate of drug-likeness (QED) is 0.244. The van der Waals surface area contributed by atoms with Gasteiger partial charge in [-0.15, -0.1) is 0 Å². The fourth-order valence-corrected chi connectivity index (χ4v) is 5.00. The molecule has 0 saturated carbocycles. The Hall–Kier alpha value is -2.73. The van der Waals surface area contributed by atoms with Crippen LogP contribution < -0.4 is 9.61 Å². The van der Waals surface area contributed by atoms with E-state index in [4.69, 9.17) is 18.5 Å². The second-order valence-corrected chi connectivity index (χ2v) is 10.3. The van der Waals surface area contributed by atoms with Crippen LogP contribution in [0.2, 0.25) is 0 Å². The maximum atomic E-state index is 13.6. The largest absolute Gasteiger partial charge is 0.478 e. The van der Waals surface area contributed by atoms with Gasteiger partial charge < -0.3 is 34.2 Å². The topological polar surface area (TPSA) is 164 Å². The summed E-state index contributed by atoms with van der Waals surface area (Å²) in [6.07, 6.45) is -0.891. The number of benzene rings is 1. The Morgan fingerprint density at radius 3 is 2.53 bits per heavy atom. The number of rotatable bonds is 11. The lowest BCUT2D eigenvalue weighted by molar-refractivity contribution is -0.149. The molecule has 2 aliphatic rings. The molecule has 0 radical (unpaired) electrons. The summed E-state index contributed by atoms with van der Waals surface area (Å²) in [7, 11) is -4.21. The van der Waals surface area contributed by atoms with E-state index in [0.29, 0.717) is 0 Å². The van der Waals surface area contributed by atoms with Crippen molar-refractivity contribution in [3.63, 3.8) is 0 Å². The number of aliphatic hydroxyl groups is 2. The van der Waals surface area contributed by atoms with Gasteiger partial charge in [-0.1, -0.05) is 24.3 Å². The van der Waals surface area contributed by atoms with Crippen molar-refractivity contribution in [3.05, 3.63) is 54.4 Å². The maximum Gasteiger partial charge on any atom is 0.459 e. The minimum atomic E-state index is -4.21. The van der Waals surface area contributed by atoms with Gasteiger partial charge in [-0.05, 0) is 32.9 Å². The van der Waals surface area contributed by atoms with Crippen LogP contribution in [0.15, 0.2) is 54.4 Å². The standard InChI is InChI=1S/C23H31N2O10P/c1-14(2)33-23(30)15(3)24-36(31,35-17-9-5-4-6-10-17)32-13-18-19(26)20(27)21(34-18)25-11-7-8-16(12-25)22(28)29/h4-7,9-12,14-15,18-21,26-27H,8,13H2,1-3H3,(H,24,31)(H,28,29)/t15-,18?,19+,20+,21+,36?/m0/s1. The first-order valence-electron chi connectivity index (χ1n) is 11.4. The monoisotopic (exact) mass is 526 g/mol. The number of nitrogens with zero attached hydrogens (tertiary/aromatic N) is 1. The van der Waals surface area contributed by atoms with Crippen molar-refractivity contribution in [2.45, 2.75) is 63.9 Å². The number of carboxylic acids is 1. The summed E-state index contributed by atoms with van der Waals surface area (Å²) in [5.41, 5.74) is 0.0784. The van der Waals surface area contributed by atoms with Crippen molar-refractivity contribution in [3.8, 4) is 5.75 Å². The number of hydrogen-bond acceptors (Lipinski definition) is 10. The maximum absolute atomic E-state index is 13.6. The van der Waals surface area contributed by atoms with Crippen LogP contribution in [-0.4, -0.2) is 75.5 Å². The lowest BCUT2D eigenvalue weighted by Gasteiger charge is -2.28. The van der Waals surface area contributed by atoms with Gasteiger partial charge in [-0.2, -0.15) is 5.09 Å². The minimum absolute atomic E-state index is 0.0784. The van der Waals surface area contributed by atoms with Crippen LogP contribution in [0.5, 0.6) is 5.75 Å². The highest BCUT2D eigenvalue weighted by molar-refractivity contribution is 7.52. The number of esters is 1. The fraction of sp³-hybridized carbons (Fsp3) is 0.478. The van der Waals surface area contributed by atoms with Gasteiger partial charge in [0.25, 0.3) is 0 Å². The van der Waals surface area contributed by atoms with Gasteiger partial charge in [0.05, 0.1) is 18.3 Å². The summed E-state index contributed by atoms with van der Waals surface area (Å²) in [5.74, 6) is -1.59. The number of aliphatic hydroxyl groups excluding tert-OH is 2. The Morgan fingerprint density at radius 2 is 1.89 bits per heavy atom. The van der Waals surface area contributed by atoms with E-state index in [0.717, 1.165) is 0 Å². The predicted octanol–water partition coefficient (Wildman–Crippen LogP) is 1.75. The molecule has 1 fully saturated rings. The third-order valence-electron chi connectivity index (χ3n) is 5.26. The van der Waals surface area contributed by atoms with Crippen molar-refractivity contribution in [2.24, 2.45) is 0 Å². The molecule has 198 valence electrons. The Bertz CT molecular complexity index is 1030. The number of para-hydroxylation sites is 1. The van der Waals surface area contributed by atoms with Gasteiger partial charge in [0, 0.05) is 18.8 Å². The number of carbonyl (C=O) groups excluding carboxylic acids is 1. The van der Waals surface area contributed by atoms with E-state index < -0.39 is 63.0 Å². The predicted molar refractivity (Wildman–Crippen MR) is 126 cm³/mol. The zero-order chi connectivity index (χ0) is 26.5. The van der Waals surface area contributed by atoms with E-state index >= 15 is 0 Å². The van der Waals surface area contributed by atoms with Crippen molar-refractivity contribution in [1.29, 1.82) is 0 Å². The van der Waals surface area contributed by atoms with E-state index in [1.807, 2.05) is 0 Å². The van der Waals surface area contributed by atoms with Crippen LogP contribution in [0.25, 0.3) is 0 Å². The molecule has 0 aliphatic carbocycles. The first-order chi connectivity index (χ1) is 17.0. The van der Waals surface area contributed by atoms with Gasteiger partial charge in [0.15, 0.2) is 6.23 Å². The van der Waals surface area contributed by atoms with E-state index in [2.05, 4.69) is 5.09 Å². The molecule has 2 heterocycles. The first-order valence-corrected chi connectivity index (χ1v) is 12.9. The van der Waals surface area contributed by atoms with E-state index in [-0.39, 0.29) is 17.7 Å². The Balaban J connectivity index is 1.72. The van der Waals surface area contributed by atoms with E-state index in [1.54, 1.807) is 50.3 Å². The lowest BCUT2D eigenvalue weighted by atomic mass is 10.1. The summed E-state index contributed by atoms with van der Waals surface area (Å²) in [4.78, 5) is 24.9. The van der Waals surface area contributed by atoms with Crippen molar-refractivity contribution in [2.75, 3.05) is 6.61 Å². The van der Waals surface area contributed by atoms with E-state index in [9.17, 15) is 29.5 Å². The van der Waals surface area contributed by atoms with Crippen molar-refractivity contribution < 1.29 is 48.0 Å². The van der Waals surface area contributed by atoms with Crippen LogP contribution in [-0.2, 0) is 28.2 Å². The molecule has 13 heteroatoms. The number of ether oxygens (including phenoxy) is 2. The van der Waals surface area contributed by atoms with Gasteiger partial charge in [-0.25, -0.2) is 9.36 Å². The molecular formula is C23H31N2O10P. The summed E-state index contributed by atoms with van der Waals surface area (Å²) in [6, 6.07) is 7.08. The average molecular weight is 526 g/mol. The third-order valence-corrected chi connectivity index (χ3v) is 6.90. The fourth-order valence-electron chi connectivity index (χ4n) is 3.50. The van der Waals surface area contributed by atoms with Gasteiger partial charge in [0.2, 0.25) is 0 Å². The Morgan fingerprint density at radius 1 is 1.19 bits per heavy atom. The molecule has 2 unspecified atom stereocenters. The van der Waals surface area contributed by atoms with Gasteiger partial charge in [-0.3, -0.25) is 9.32 Å². The lowest BCUT2D eigenvalue weighted by Crippen LogP contribution is -2.40. The number of aliphatic carboxylic acids is 1. The zero-order valence-electron chi connectivity index (χ0n) is 20.1. The molecule has 1 saturated heterocycles. The molecule has 4 N–H and O–H groups in total. The molecule has 0 aromatic heterocycles. The molecule has 1 aromatic carbocycles. The Kier molecular flexibility index (Phi) is 9.29. The molecule has 3 rings (SSSR count). The number of carbonyl (C=O) groups is 2. The molecule has 36 heavy (non-hydrogen) atoms. The normalized spacial score (nSPS) is 26.3. The average Bonchev–Trinajstić information content (AvgIpc) is 3.11. The number of carboxylic acid groups (broad SMARTS) is 1. The van der Waals surface area contributed by atoms with E-state index in [1.165, 1.54) is 24.2 Å². The van der Waals surface area contributed by atoms with Gasteiger partial charge in [0.1, 0.15) is 30.1 Å². The third kappa shape index (κ3) is 7.16. The molecule has 2 aliphatic heterocycles. The molecule has 0 bridgehead atoms. The number of nitrogens with one attached hydrogen (secondary N) is 1. The zero-order valence-corrected chi connectivity index (χ0v) is 21.0. The smallest absolute Gasteiger partial charge is 0.459 e. The molecule has 0 amide bonds. The number of allylic oxidation sites excluding steroid dienone is 1. The summed E-state index contributed by atoms with van der Waals surface area (Å²) >= 11 is 0. The summed E-state index contributed by atoms with van der Waals surface area (Å²) < 4.78 is 35.5. The SMILES string of the molecule is CC(C)OC(=O)[C@H](C)NP(=O)(OCC1O[C@@H](N2C=CCC(C(=O)O)=C2)[C@H](O)[C@@H]1O)Oc1ccccc1. The molecule has 6 atom stereocenters. The van der Waals surface area contributed by atoms with Gasteiger partial charge >= 0.3 is 19.7 Å². The number of hydrogen-bond donors (Lipinski definition) is 4. The second-order valence-electron chi connectivity index (χ2n) is 8.58. The second kappa shape index (κ2) is 12.0. The van der Waals surface area contributed by atoms with Crippen LogP contribution in [0.1, 0.15) is 27.2 Å². The molecular weight excluding hydrogens is 495 g/mol. The molecule has 12 nitrogen and oxygen atoms in total. The highest BCUT2D eigenvalue weighted by atomic mass is 31.2.